The molecular formula is C9H17I2NS2. The monoisotopic (exact) mass is 457 g/mol. The highest BCUT2D eigenvalue weighted by atomic mass is 127. The number of rotatable bonds is 4. The lowest BCUT2D eigenvalue weighted by Gasteiger charge is -2.29. The molecule has 1 aliphatic rings. The second kappa shape index (κ2) is 7.45. The van der Waals surface area contributed by atoms with Crippen molar-refractivity contribution in [3.8, 4) is 0 Å². The minimum absolute atomic E-state index is 0.627. The van der Waals surface area contributed by atoms with Crippen LogP contribution in [0.1, 0.15) is 13.8 Å². The number of thioether (sulfide) groups is 2. The largest absolute Gasteiger partial charge is 0.297 e. The van der Waals surface area contributed by atoms with Gasteiger partial charge in [-0.25, -0.2) is 0 Å². The first-order valence-corrected chi connectivity index (χ1v) is 9.43. The number of nitrogens with one attached hydrogen (secondary N) is 1. The zero-order valence-corrected chi connectivity index (χ0v) is 14.5. The summed E-state index contributed by atoms with van der Waals surface area (Å²) in [5.74, 6) is 4.27. The van der Waals surface area contributed by atoms with E-state index in [-0.39, 0.29) is 0 Å². The van der Waals surface area contributed by atoms with Gasteiger partial charge in [0.1, 0.15) is 3.38 Å². The molecule has 1 aliphatic heterocycles. The van der Waals surface area contributed by atoms with E-state index < -0.39 is 0 Å². The molecule has 3 atom stereocenters. The highest BCUT2D eigenvalue weighted by Gasteiger charge is 2.25. The van der Waals surface area contributed by atoms with Crippen LogP contribution in [-0.4, -0.2) is 24.7 Å². The lowest BCUT2D eigenvalue weighted by atomic mass is 10.2. The Morgan fingerprint density at radius 3 is 2.79 bits per heavy atom. The van der Waals surface area contributed by atoms with Crippen LogP contribution in [0.2, 0.25) is 0 Å². The van der Waals surface area contributed by atoms with Crippen LogP contribution < -0.4 is 5.32 Å². The summed E-state index contributed by atoms with van der Waals surface area (Å²) in [6.07, 6.45) is 0. The van der Waals surface area contributed by atoms with E-state index >= 15 is 0 Å². The topological polar surface area (TPSA) is 12.0 Å². The SMILES string of the molecule is CC(C)CSC(I)C1CNC(I)SC1. The van der Waals surface area contributed by atoms with Gasteiger partial charge in [0.2, 0.25) is 0 Å². The van der Waals surface area contributed by atoms with Crippen LogP contribution in [0.25, 0.3) is 0 Å². The van der Waals surface area contributed by atoms with Crippen molar-refractivity contribution in [1.29, 1.82) is 0 Å². The Balaban J connectivity index is 2.20. The fourth-order valence-corrected chi connectivity index (χ4v) is 5.61. The van der Waals surface area contributed by atoms with E-state index in [0.29, 0.717) is 3.38 Å². The van der Waals surface area contributed by atoms with Crippen molar-refractivity contribution < 1.29 is 0 Å². The smallest absolute Gasteiger partial charge is 0.106 e. The summed E-state index contributed by atoms with van der Waals surface area (Å²) in [4.78, 5) is 0. The number of alkyl halides is 2. The fourth-order valence-electron chi connectivity index (χ4n) is 1.16. The van der Waals surface area contributed by atoms with Crippen molar-refractivity contribution in [3.63, 3.8) is 0 Å². The second-order valence-electron chi connectivity index (χ2n) is 3.90. The van der Waals surface area contributed by atoms with E-state index in [1.54, 1.807) is 0 Å². The lowest BCUT2D eigenvalue weighted by Crippen LogP contribution is -2.37. The Kier molecular flexibility index (Phi) is 7.54. The highest BCUT2D eigenvalue weighted by molar-refractivity contribution is 14.1. The van der Waals surface area contributed by atoms with Gasteiger partial charge in [-0.3, -0.25) is 5.32 Å². The third-order valence-electron chi connectivity index (χ3n) is 1.96. The van der Waals surface area contributed by atoms with Gasteiger partial charge in [-0.15, -0.1) is 23.5 Å². The summed E-state index contributed by atoms with van der Waals surface area (Å²) in [7, 11) is 0. The molecule has 0 aromatic heterocycles. The van der Waals surface area contributed by atoms with Gasteiger partial charge in [-0.05, 0) is 11.7 Å². The number of halogens is 2. The quantitative estimate of drug-likeness (QED) is 0.392. The van der Waals surface area contributed by atoms with E-state index in [9.17, 15) is 0 Å². The van der Waals surface area contributed by atoms with Crippen LogP contribution in [0.5, 0.6) is 0 Å². The molecule has 1 fully saturated rings. The molecule has 0 radical (unpaired) electrons. The second-order valence-corrected chi connectivity index (χ2v) is 10.5. The predicted molar refractivity (Wildman–Crippen MR) is 86.9 cm³/mol. The number of hydrogen-bond acceptors (Lipinski definition) is 3. The minimum atomic E-state index is 0.627. The van der Waals surface area contributed by atoms with E-state index in [1.807, 2.05) is 11.8 Å². The Morgan fingerprint density at radius 2 is 2.29 bits per heavy atom. The predicted octanol–water partition coefficient (Wildman–Crippen LogP) is 3.81. The molecule has 0 bridgehead atoms. The highest BCUT2D eigenvalue weighted by Crippen LogP contribution is 2.34. The maximum Gasteiger partial charge on any atom is 0.106 e. The molecule has 1 nitrogen and oxygen atoms in total. The molecule has 0 amide bonds. The van der Waals surface area contributed by atoms with E-state index in [4.69, 9.17) is 0 Å². The Hall–Kier alpha value is 2.12. The third kappa shape index (κ3) is 5.45. The summed E-state index contributed by atoms with van der Waals surface area (Å²) in [6.45, 7) is 5.79. The Bertz CT molecular complexity index is 161. The van der Waals surface area contributed by atoms with Crippen LogP contribution in [0.4, 0.5) is 0 Å². The molecule has 0 aromatic carbocycles. The Labute approximate surface area is 123 Å². The zero-order valence-electron chi connectivity index (χ0n) is 8.50. The van der Waals surface area contributed by atoms with Gasteiger partial charge in [0, 0.05) is 18.2 Å². The summed E-state index contributed by atoms with van der Waals surface area (Å²) in [5.41, 5.74) is 0. The minimum Gasteiger partial charge on any atom is -0.297 e. The number of hydrogen-bond donors (Lipinski definition) is 1. The van der Waals surface area contributed by atoms with Gasteiger partial charge in [-0.1, -0.05) is 59.0 Å². The molecule has 1 N–H and O–H groups in total. The molecule has 5 heteroatoms. The van der Waals surface area contributed by atoms with Crippen LogP contribution in [0.15, 0.2) is 0 Å². The van der Waals surface area contributed by atoms with E-state index in [1.165, 1.54) is 18.1 Å². The summed E-state index contributed by atoms with van der Waals surface area (Å²) < 4.78 is 1.40. The van der Waals surface area contributed by atoms with Crippen molar-refractivity contribution in [3.05, 3.63) is 0 Å². The fraction of sp³-hybridized carbons (Fsp3) is 1.00. The van der Waals surface area contributed by atoms with Gasteiger partial charge in [0.15, 0.2) is 0 Å². The summed E-state index contributed by atoms with van der Waals surface area (Å²) in [6, 6.07) is 0. The summed E-state index contributed by atoms with van der Waals surface area (Å²) >= 11 is 9.24. The van der Waals surface area contributed by atoms with Crippen molar-refractivity contribution >= 4 is 68.7 Å². The van der Waals surface area contributed by atoms with Gasteiger partial charge in [0.25, 0.3) is 0 Å². The standard InChI is InChI=1S/C9H17I2NS2/c1-6(2)4-13-8(10)7-3-12-9(11)14-5-7/h6-9,12H,3-5H2,1-2H3. The first-order chi connectivity index (χ1) is 6.59. The maximum atomic E-state index is 3.53. The lowest BCUT2D eigenvalue weighted by molar-refractivity contribution is 0.572. The van der Waals surface area contributed by atoms with Gasteiger partial charge in [-0.2, -0.15) is 0 Å². The normalized spacial score (nSPS) is 30.6. The Morgan fingerprint density at radius 1 is 1.57 bits per heavy atom. The van der Waals surface area contributed by atoms with Crippen molar-refractivity contribution in [2.75, 3.05) is 18.1 Å². The zero-order chi connectivity index (χ0) is 10.6. The van der Waals surface area contributed by atoms with Crippen LogP contribution >= 0.6 is 68.7 Å². The van der Waals surface area contributed by atoms with Crippen LogP contribution in [-0.2, 0) is 0 Å². The van der Waals surface area contributed by atoms with Crippen molar-refractivity contribution in [1.82, 2.24) is 5.32 Å². The van der Waals surface area contributed by atoms with E-state index in [2.05, 4.69) is 76.1 Å². The molecule has 1 rings (SSSR count). The first-order valence-electron chi connectivity index (χ1n) is 4.84. The molecule has 0 aromatic rings. The molecule has 0 spiro atoms. The van der Waals surface area contributed by atoms with Crippen molar-refractivity contribution in [2.24, 2.45) is 11.8 Å². The van der Waals surface area contributed by atoms with E-state index in [0.717, 1.165) is 15.1 Å². The molecule has 1 saturated heterocycles. The average Bonchev–Trinajstić information content (AvgIpc) is 2.15. The van der Waals surface area contributed by atoms with Gasteiger partial charge >= 0.3 is 0 Å². The molecule has 1 heterocycles. The van der Waals surface area contributed by atoms with Gasteiger partial charge < -0.3 is 0 Å². The van der Waals surface area contributed by atoms with Crippen molar-refractivity contribution in [2.45, 2.75) is 20.5 Å². The summed E-state index contributed by atoms with van der Waals surface area (Å²) in [5, 5.41) is 3.53. The molecule has 0 aliphatic carbocycles. The van der Waals surface area contributed by atoms with Gasteiger partial charge in [0.05, 0.1) is 3.26 Å². The average molecular weight is 457 g/mol. The van der Waals surface area contributed by atoms with Crippen LogP contribution in [0, 0.1) is 11.8 Å². The molecule has 0 saturated carbocycles. The molecular weight excluding hydrogens is 440 g/mol. The van der Waals surface area contributed by atoms with Crippen LogP contribution in [0.3, 0.4) is 0 Å². The maximum absolute atomic E-state index is 3.53. The first kappa shape index (κ1) is 14.2. The molecule has 3 unspecified atom stereocenters. The molecule has 84 valence electrons. The molecule has 14 heavy (non-hydrogen) atoms. The third-order valence-corrected chi connectivity index (χ3v) is 8.21.